The summed E-state index contributed by atoms with van der Waals surface area (Å²) in [5.74, 6) is -2.87. The van der Waals surface area contributed by atoms with Crippen molar-refractivity contribution in [3.05, 3.63) is 0 Å². The Labute approximate surface area is 123 Å². The summed E-state index contributed by atoms with van der Waals surface area (Å²) in [6, 6.07) is -1.40. The zero-order valence-electron chi connectivity index (χ0n) is 12.5. The molecule has 0 aliphatic carbocycles. The van der Waals surface area contributed by atoms with Crippen LogP contribution in [0.5, 0.6) is 0 Å². The first kappa shape index (κ1) is 16.2. The number of carbonyl (C=O) groups is 2. The lowest BCUT2D eigenvalue weighted by molar-refractivity contribution is -0.169. The number of hydrogen-bond acceptors (Lipinski definition) is 5. The van der Waals surface area contributed by atoms with E-state index in [0.717, 1.165) is 4.90 Å². The first-order valence-electron chi connectivity index (χ1n) is 6.91. The molecule has 7 nitrogen and oxygen atoms in total. The summed E-state index contributed by atoms with van der Waals surface area (Å²) in [4.78, 5) is 24.5. The summed E-state index contributed by atoms with van der Waals surface area (Å²) >= 11 is 0. The van der Waals surface area contributed by atoms with E-state index in [4.69, 9.17) is 0 Å². The molecule has 2 fully saturated rings. The molecule has 0 unspecified atom stereocenters. The van der Waals surface area contributed by atoms with Gasteiger partial charge < -0.3 is 15.1 Å². The molecule has 2 saturated heterocycles. The molecule has 0 saturated carbocycles. The number of carbonyl (C=O) groups excluding carboxylic acids is 1. The van der Waals surface area contributed by atoms with Crippen molar-refractivity contribution in [3.8, 4) is 0 Å². The van der Waals surface area contributed by atoms with Crippen LogP contribution >= 0.6 is 0 Å². The fourth-order valence-corrected chi connectivity index (χ4v) is 5.69. The van der Waals surface area contributed by atoms with Gasteiger partial charge in [0.2, 0.25) is 5.91 Å². The first-order valence-corrected chi connectivity index (χ1v) is 8.45. The minimum Gasteiger partial charge on any atom is -0.480 e. The summed E-state index contributed by atoms with van der Waals surface area (Å²) in [5.41, 5.74) is 0. The first-order chi connectivity index (χ1) is 9.44. The van der Waals surface area contributed by atoms with Crippen LogP contribution in [-0.2, 0) is 19.4 Å². The maximum Gasteiger partial charge on any atom is 0.328 e. The highest BCUT2D eigenvalue weighted by molar-refractivity contribution is 7.93. The Morgan fingerprint density at radius 3 is 2.33 bits per heavy atom. The fourth-order valence-electron chi connectivity index (χ4n) is 3.33. The molecule has 4 atom stereocenters. The van der Waals surface area contributed by atoms with E-state index < -0.39 is 49.9 Å². The smallest absolute Gasteiger partial charge is 0.328 e. The molecule has 120 valence electrons. The van der Waals surface area contributed by atoms with Gasteiger partial charge >= 0.3 is 5.97 Å². The highest BCUT2D eigenvalue weighted by Gasteiger charge is 2.73. The van der Waals surface area contributed by atoms with Gasteiger partial charge in [-0.15, -0.1) is 0 Å². The lowest BCUT2D eigenvalue weighted by atomic mass is 9.85. The summed E-state index contributed by atoms with van der Waals surface area (Å²) in [6.45, 7) is 6.35. The quantitative estimate of drug-likeness (QED) is 0.696. The van der Waals surface area contributed by atoms with Gasteiger partial charge in [0.05, 0.1) is 16.8 Å². The lowest BCUT2D eigenvalue weighted by Gasteiger charge is -2.44. The molecule has 8 heteroatoms. The topological polar surface area (TPSA) is 112 Å². The van der Waals surface area contributed by atoms with E-state index in [1.807, 2.05) is 13.8 Å². The third-order valence-electron chi connectivity index (χ3n) is 4.47. The molecular weight excluding hydrogens is 298 g/mol. The average Bonchev–Trinajstić information content (AvgIpc) is 2.42. The van der Waals surface area contributed by atoms with Crippen molar-refractivity contribution >= 4 is 21.7 Å². The molecule has 0 aromatic rings. The number of rotatable bonds is 4. The summed E-state index contributed by atoms with van der Waals surface area (Å²) < 4.78 is 23.6. The Bertz CT molecular complexity index is 581. The van der Waals surface area contributed by atoms with Crippen LogP contribution in [0.25, 0.3) is 0 Å². The second-order valence-electron chi connectivity index (χ2n) is 6.75. The van der Waals surface area contributed by atoms with E-state index in [9.17, 15) is 28.2 Å². The van der Waals surface area contributed by atoms with Crippen molar-refractivity contribution < 1.29 is 28.2 Å². The van der Waals surface area contributed by atoms with Crippen LogP contribution in [0.3, 0.4) is 0 Å². The monoisotopic (exact) mass is 319 g/mol. The van der Waals surface area contributed by atoms with Crippen LogP contribution < -0.4 is 0 Å². The molecule has 2 heterocycles. The molecule has 0 aromatic heterocycles. The minimum absolute atomic E-state index is 0.106. The van der Waals surface area contributed by atoms with E-state index in [1.165, 1.54) is 13.8 Å². The molecule has 0 radical (unpaired) electrons. The number of carboxylic acid groups (broad SMARTS) is 1. The molecule has 2 aliphatic heterocycles. The number of amides is 1. The lowest BCUT2D eigenvalue weighted by Crippen LogP contribution is -2.66. The molecule has 0 spiro atoms. The molecule has 2 N–H and O–H groups in total. The van der Waals surface area contributed by atoms with Gasteiger partial charge in [0.15, 0.2) is 9.84 Å². The molecule has 0 bridgehead atoms. The molecule has 21 heavy (non-hydrogen) atoms. The highest BCUT2D eigenvalue weighted by Crippen LogP contribution is 2.50. The van der Waals surface area contributed by atoms with Gasteiger partial charge in [0.25, 0.3) is 0 Å². The third-order valence-corrected chi connectivity index (χ3v) is 7.32. The predicted molar refractivity (Wildman–Crippen MR) is 74.0 cm³/mol. The standard InChI is InChI=1S/C13H21NO6S/c1-6(2)5-7(15)8-10(16)14-9(12(17)18)13(3,4)21(19,20)11(8)14/h6-9,11,15H,5H2,1-4H3,(H,17,18)/t7-,8-,9+,11-/m1/s1. The van der Waals surface area contributed by atoms with Gasteiger partial charge in [-0.05, 0) is 26.2 Å². The average molecular weight is 319 g/mol. The van der Waals surface area contributed by atoms with Gasteiger partial charge in [-0.3, -0.25) is 4.79 Å². The highest BCUT2D eigenvalue weighted by atomic mass is 32.2. The van der Waals surface area contributed by atoms with Crippen LogP contribution in [0.2, 0.25) is 0 Å². The van der Waals surface area contributed by atoms with Crippen molar-refractivity contribution in [2.75, 3.05) is 0 Å². The summed E-state index contributed by atoms with van der Waals surface area (Å²) in [7, 11) is -3.86. The predicted octanol–water partition coefficient (Wildman–Crippen LogP) is -0.162. The largest absolute Gasteiger partial charge is 0.480 e. The molecular formula is C13H21NO6S. The number of hydrogen-bond donors (Lipinski definition) is 2. The number of nitrogens with zero attached hydrogens (tertiary/aromatic N) is 1. The fraction of sp³-hybridized carbons (Fsp3) is 0.846. The van der Waals surface area contributed by atoms with Crippen LogP contribution in [-0.4, -0.2) is 57.7 Å². The van der Waals surface area contributed by atoms with Crippen LogP contribution in [0.4, 0.5) is 0 Å². The van der Waals surface area contributed by atoms with Gasteiger partial charge in [-0.2, -0.15) is 0 Å². The Hall–Kier alpha value is -1.15. The van der Waals surface area contributed by atoms with Crippen molar-refractivity contribution in [1.82, 2.24) is 4.90 Å². The van der Waals surface area contributed by atoms with Gasteiger partial charge in [-0.25, -0.2) is 13.2 Å². The number of β-lactam (4-membered cyclic amide) rings is 1. The van der Waals surface area contributed by atoms with E-state index in [-0.39, 0.29) is 5.92 Å². The molecule has 0 aromatic carbocycles. The maximum atomic E-state index is 12.6. The Kier molecular flexibility index (Phi) is 3.61. The zero-order chi connectivity index (χ0) is 16.3. The molecule has 1 amide bonds. The number of aliphatic hydroxyl groups is 1. The second kappa shape index (κ2) is 4.67. The number of aliphatic carboxylic acids is 1. The van der Waals surface area contributed by atoms with Crippen LogP contribution in [0.15, 0.2) is 0 Å². The number of sulfone groups is 1. The molecule has 2 aliphatic rings. The number of fused-ring (bicyclic) bond motifs is 1. The van der Waals surface area contributed by atoms with Crippen molar-refractivity contribution in [3.63, 3.8) is 0 Å². The van der Waals surface area contributed by atoms with E-state index >= 15 is 0 Å². The summed E-state index contributed by atoms with van der Waals surface area (Å²) in [5, 5.41) is 18.2. The zero-order valence-corrected chi connectivity index (χ0v) is 13.3. The normalized spacial score (nSPS) is 34.5. The summed E-state index contributed by atoms with van der Waals surface area (Å²) in [6.07, 6.45) is -0.772. The van der Waals surface area contributed by atoms with E-state index in [2.05, 4.69) is 0 Å². The van der Waals surface area contributed by atoms with E-state index in [1.54, 1.807) is 0 Å². The van der Waals surface area contributed by atoms with Gasteiger partial charge in [0.1, 0.15) is 11.4 Å². The van der Waals surface area contributed by atoms with Crippen molar-refractivity contribution in [1.29, 1.82) is 0 Å². The Balaban J connectivity index is 2.41. The Morgan fingerprint density at radius 1 is 1.38 bits per heavy atom. The van der Waals surface area contributed by atoms with Crippen molar-refractivity contribution in [2.45, 2.75) is 56.4 Å². The van der Waals surface area contributed by atoms with Crippen LogP contribution in [0, 0.1) is 11.8 Å². The minimum atomic E-state index is -3.86. The molecule has 2 rings (SSSR count). The van der Waals surface area contributed by atoms with Gasteiger partial charge in [0, 0.05) is 0 Å². The second-order valence-corrected chi connectivity index (χ2v) is 9.37. The van der Waals surface area contributed by atoms with E-state index in [0.29, 0.717) is 6.42 Å². The number of carboxylic acids is 1. The Morgan fingerprint density at radius 2 is 1.90 bits per heavy atom. The SMILES string of the molecule is CC(C)C[C@@H](O)[C@@H]1C(=O)N2[C@@H](C(=O)O)C(C)(C)S(=O)(=O)[C@H]12. The van der Waals surface area contributed by atoms with Crippen molar-refractivity contribution in [2.24, 2.45) is 11.8 Å². The van der Waals surface area contributed by atoms with Crippen LogP contribution in [0.1, 0.15) is 34.1 Å². The number of aliphatic hydroxyl groups excluding tert-OH is 1. The van der Waals surface area contributed by atoms with Gasteiger partial charge in [-0.1, -0.05) is 13.8 Å². The maximum absolute atomic E-state index is 12.6. The third kappa shape index (κ3) is 1.99.